The number of halogens is 1. The molecule has 0 N–H and O–H groups in total. The van der Waals surface area contributed by atoms with Crippen molar-refractivity contribution in [2.24, 2.45) is 0 Å². The van der Waals surface area contributed by atoms with E-state index in [9.17, 15) is 0 Å². The SMILES string of the molecule is C.COc1ccc(CCN(Cc2ccc(OCc3ccc(C)cc3)cc2OC)C(=O)C2(CCCCBr)c3ccccc3-c3ccccc32)cc1.P=S. The molecule has 52 heavy (non-hydrogen) atoms. The van der Waals surface area contributed by atoms with Gasteiger partial charge in [0, 0.05) is 30.0 Å². The molecular weight excluding hydrogens is 749 g/mol. The highest BCUT2D eigenvalue weighted by atomic mass is 79.9. The van der Waals surface area contributed by atoms with E-state index in [1.54, 1.807) is 14.2 Å². The summed E-state index contributed by atoms with van der Waals surface area (Å²) in [7, 11) is 5.91. The van der Waals surface area contributed by atoms with E-state index in [1.165, 1.54) is 5.56 Å². The number of methoxy groups -OCH3 is 2. The zero-order chi connectivity index (χ0) is 36.2. The summed E-state index contributed by atoms with van der Waals surface area (Å²) in [5, 5.41) is 0.900. The van der Waals surface area contributed by atoms with Gasteiger partial charge in [-0.3, -0.25) is 4.79 Å². The summed E-state index contributed by atoms with van der Waals surface area (Å²) in [5.41, 5.74) is 8.09. The lowest BCUT2D eigenvalue weighted by Crippen LogP contribution is -2.47. The lowest BCUT2D eigenvalue weighted by atomic mass is 9.73. The molecule has 0 unspecified atom stereocenters. The lowest BCUT2D eigenvalue weighted by Gasteiger charge is -2.37. The van der Waals surface area contributed by atoms with Crippen LogP contribution in [0.3, 0.4) is 0 Å². The summed E-state index contributed by atoms with van der Waals surface area (Å²) in [5.74, 6) is 2.36. The van der Waals surface area contributed by atoms with Crippen LogP contribution in [0.1, 0.15) is 60.1 Å². The summed E-state index contributed by atoms with van der Waals surface area (Å²) < 4.78 is 17.5. The minimum absolute atomic E-state index is 0. The van der Waals surface area contributed by atoms with E-state index in [2.05, 4.69) is 128 Å². The predicted octanol–water partition coefficient (Wildman–Crippen LogP) is 10.9. The van der Waals surface area contributed by atoms with Gasteiger partial charge in [-0.1, -0.05) is 132 Å². The van der Waals surface area contributed by atoms with Crippen molar-refractivity contribution >= 4 is 41.7 Å². The first-order valence-electron chi connectivity index (χ1n) is 17.2. The molecule has 0 spiro atoms. The molecule has 0 radical (unpaired) electrons. The largest absolute Gasteiger partial charge is 0.497 e. The van der Waals surface area contributed by atoms with E-state index in [4.69, 9.17) is 14.2 Å². The Morgan fingerprint density at radius 3 is 1.96 bits per heavy atom. The van der Waals surface area contributed by atoms with Crippen LogP contribution in [0.2, 0.25) is 0 Å². The van der Waals surface area contributed by atoms with E-state index in [0.29, 0.717) is 31.9 Å². The van der Waals surface area contributed by atoms with Crippen LogP contribution in [0.25, 0.3) is 11.1 Å². The summed E-state index contributed by atoms with van der Waals surface area (Å²) in [6.45, 7) is 3.49. The van der Waals surface area contributed by atoms with E-state index in [1.807, 2.05) is 35.2 Å². The summed E-state index contributed by atoms with van der Waals surface area (Å²) in [6, 6.07) is 39.3. The number of aryl methyl sites for hydroxylation is 1. The van der Waals surface area contributed by atoms with E-state index < -0.39 is 5.41 Å². The Morgan fingerprint density at radius 1 is 0.769 bits per heavy atom. The van der Waals surface area contributed by atoms with Gasteiger partial charge >= 0.3 is 0 Å². The zero-order valence-corrected chi connectivity index (χ0v) is 32.9. The lowest BCUT2D eigenvalue weighted by molar-refractivity contribution is -0.136. The second kappa shape index (κ2) is 19.7. The second-order valence-electron chi connectivity index (χ2n) is 12.7. The fourth-order valence-corrected chi connectivity index (χ4v) is 7.39. The molecular formula is C44H49BrNO4PS. The molecule has 0 fully saturated rings. The van der Waals surface area contributed by atoms with Gasteiger partial charge in [0.2, 0.25) is 5.91 Å². The smallest absolute Gasteiger partial charge is 0.238 e. The van der Waals surface area contributed by atoms with E-state index in [-0.39, 0.29) is 13.3 Å². The van der Waals surface area contributed by atoms with Crippen molar-refractivity contribution in [1.82, 2.24) is 4.90 Å². The second-order valence-corrected chi connectivity index (χ2v) is 13.5. The molecule has 1 aliphatic carbocycles. The van der Waals surface area contributed by atoms with Gasteiger partial charge in [0.1, 0.15) is 29.3 Å². The molecule has 0 atom stereocenters. The molecule has 0 saturated heterocycles. The van der Waals surface area contributed by atoms with Crippen molar-refractivity contribution < 1.29 is 19.0 Å². The molecule has 8 heteroatoms. The van der Waals surface area contributed by atoms with Crippen LogP contribution in [0.4, 0.5) is 0 Å². The van der Waals surface area contributed by atoms with Crippen molar-refractivity contribution in [1.29, 1.82) is 0 Å². The Hall–Kier alpha value is -4.03. The average molecular weight is 799 g/mol. The van der Waals surface area contributed by atoms with Crippen molar-refractivity contribution in [2.45, 2.75) is 58.6 Å². The van der Waals surface area contributed by atoms with Crippen LogP contribution in [0.15, 0.2) is 115 Å². The predicted molar refractivity (Wildman–Crippen MR) is 223 cm³/mol. The van der Waals surface area contributed by atoms with E-state index >= 15 is 4.79 Å². The normalized spacial score (nSPS) is 11.9. The van der Waals surface area contributed by atoms with E-state index in [0.717, 1.165) is 75.0 Å². The monoisotopic (exact) mass is 797 g/mol. The fourth-order valence-electron chi connectivity index (χ4n) is 7.00. The van der Waals surface area contributed by atoms with Gasteiger partial charge < -0.3 is 19.1 Å². The van der Waals surface area contributed by atoms with Crippen LogP contribution in [-0.2, 0) is 41.6 Å². The summed E-state index contributed by atoms with van der Waals surface area (Å²) in [4.78, 5) is 17.5. The molecule has 1 amide bonds. The Kier molecular flexibility index (Phi) is 15.4. The van der Waals surface area contributed by atoms with Crippen molar-refractivity contribution in [3.05, 3.63) is 149 Å². The van der Waals surface area contributed by atoms with Gasteiger partial charge in [0.15, 0.2) is 0 Å². The van der Waals surface area contributed by atoms with Gasteiger partial charge in [-0.25, -0.2) is 0 Å². The first-order chi connectivity index (χ1) is 25.0. The maximum atomic E-state index is 15.5. The third-order valence-corrected chi connectivity index (χ3v) is 10.2. The molecule has 0 bridgehead atoms. The highest BCUT2D eigenvalue weighted by molar-refractivity contribution is 9.09. The number of alkyl halides is 1. The molecule has 6 rings (SSSR count). The van der Waals surface area contributed by atoms with Gasteiger partial charge in [0.05, 0.1) is 14.2 Å². The molecule has 0 aliphatic heterocycles. The number of carbonyl (C=O) groups excluding carboxylic acids is 1. The molecule has 0 aromatic heterocycles. The first-order valence-corrected chi connectivity index (χ1v) is 20.0. The molecule has 1 aliphatic rings. The van der Waals surface area contributed by atoms with Crippen LogP contribution < -0.4 is 14.2 Å². The number of unbranched alkanes of at least 4 members (excludes halogenated alkanes) is 1. The molecule has 0 heterocycles. The fraction of sp³-hybridized carbons (Fsp3) is 0.295. The minimum atomic E-state index is -0.792. The maximum absolute atomic E-state index is 15.5. The Labute approximate surface area is 325 Å². The Bertz CT molecular complexity index is 1850. The Morgan fingerprint density at radius 2 is 1.37 bits per heavy atom. The topological polar surface area (TPSA) is 48.0 Å². The molecule has 5 nitrogen and oxygen atoms in total. The van der Waals surface area contributed by atoms with Crippen LogP contribution in [0, 0.1) is 6.92 Å². The Balaban J connectivity index is 0.00000198. The van der Waals surface area contributed by atoms with Crippen LogP contribution in [0.5, 0.6) is 17.2 Å². The number of hydrogen-bond donors (Lipinski definition) is 0. The van der Waals surface area contributed by atoms with Crippen LogP contribution >= 0.6 is 23.9 Å². The number of nitrogens with zero attached hydrogens (tertiary/aromatic N) is 1. The quantitative estimate of drug-likeness (QED) is 0.0600. The minimum Gasteiger partial charge on any atom is -0.497 e. The molecule has 5 aromatic rings. The van der Waals surface area contributed by atoms with Gasteiger partial charge in [-0.2, -0.15) is 0 Å². The number of benzene rings is 5. The van der Waals surface area contributed by atoms with Gasteiger partial charge in [0.25, 0.3) is 0 Å². The molecule has 5 aromatic carbocycles. The summed E-state index contributed by atoms with van der Waals surface area (Å²) in [6.07, 6.45) is 3.34. The third kappa shape index (κ3) is 9.12. The molecule has 0 saturated carbocycles. The number of ether oxygens (including phenoxy) is 3. The number of rotatable bonds is 15. The molecule has 272 valence electrons. The zero-order valence-electron chi connectivity index (χ0n) is 29.5. The first kappa shape index (κ1) is 40.7. The van der Waals surface area contributed by atoms with Gasteiger partial charge in [-0.15, -0.1) is 0 Å². The standard InChI is InChI=1S/C43H44BrNO4.CH4.HPS/c1-31-14-16-33(17-15-31)30-49-36-23-20-34(41(28-36)48-3)29-45(27-24-32-18-21-35(47-2)22-19-32)42(46)43(25-8-9-26-44)39-12-6-4-10-37(39)38-11-5-7-13-40(38)43;;1-2/h4-7,10-23,28H,8-9,24-27,29-30H2,1-3H3;1H4;1H. The number of amides is 1. The highest BCUT2D eigenvalue weighted by Crippen LogP contribution is 2.52. The number of carbonyl (C=O) groups is 1. The van der Waals surface area contributed by atoms with Crippen molar-refractivity contribution in [3.8, 4) is 28.4 Å². The van der Waals surface area contributed by atoms with Crippen molar-refractivity contribution in [2.75, 3.05) is 26.1 Å². The van der Waals surface area contributed by atoms with Crippen molar-refractivity contribution in [3.63, 3.8) is 0 Å². The van der Waals surface area contributed by atoms with Gasteiger partial charge in [-0.05, 0) is 91.8 Å². The third-order valence-electron chi connectivity index (χ3n) is 9.63. The maximum Gasteiger partial charge on any atom is 0.238 e. The highest BCUT2D eigenvalue weighted by Gasteiger charge is 2.50. The van der Waals surface area contributed by atoms with Crippen LogP contribution in [-0.4, -0.2) is 36.9 Å². The number of fused-ring (bicyclic) bond motifs is 3. The summed E-state index contributed by atoms with van der Waals surface area (Å²) >= 11 is 7.52. The number of hydrogen-bond acceptors (Lipinski definition) is 5. The average Bonchev–Trinajstić information content (AvgIpc) is 3.47.